The third-order valence-corrected chi connectivity index (χ3v) is 18.8. The summed E-state index contributed by atoms with van der Waals surface area (Å²) >= 11 is 1.35. The predicted octanol–water partition coefficient (Wildman–Crippen LogP) is -1.47. The number of fused-ring (bicyclic) bond motifs is 2. The van der Waals surface area contributed by atoms with Crippen molar-refractivity contribution in [3.05, 3.63) is 77.9 Å². The number of carbonyl (C=O) groups excluding carboxylic acids is 7. The number of piperidine rings is 1. The minimum Gasteiger partial charge on any atom is -0.504 e. The first-order valence-corrected chi connectivity index (χ1v) is 32.4. The maximum Gasteiger partial charge on any atom is 0.251 e. The number of carbonyl (C=O) groups is 7. The normalized spacial score (nSPS) is 27.2. The Labute approximate surface area is 536 Å². The van der Waals surface area contributed by atoms with Crippen LogP contribution in [0.1, 0.15) is 94.0 Å². The van der Waals surface area contributed by atoms with Gasteiger partial charge in [-0.15, -0.1) is 10.2 Å². The number of amides is 7. The quantitative estimate of drug-likeness (QED) is 0.0574. The van der Waals surface area contributed by atoms with Gasteiger partial charge in [-0.2, -0.15) is 0 Å². The molecule has 5 heterocycles. The number of rotatable bonds is 17. The largest absolute Gasteiger partial charge is 0.504 e. The Morgan fingerprint density at radius 3 is 2.00 bits per heavy atom. The Hall–Kier alpha value is -7.45. The molecule has 29 heteroatoms. The molecular weight excluding hydrogens is 1210 g/mol. The van der Waals surface area contributed by atoms with Gasteiger partial charge < -0.3 is 98.0 Å². The first-order valence-electron chi connectivity index (χ1n) is 31.6. The zero-order valence-corrected chi connectivity index (χ0v) is 52.4. The zero-order chi connectivity index (χ0) is 65.9. The molecule has 13 atom stereocenters. The summed E-state index contributed by atoms with van der Waals surface area (Å²) in [6.07, 6.45) is -3.13. The topological polar surface area (TPSA) is 427 Å². The highest BCUT2D eigenvalue weighted by Crippen LogP contribution is 2.34. The highest BCUT2D eigenvalue weighted by Gasteiger charge is 2.50. The van der Waals surface area contributed by atoms with E-state index in [0.717, 1.165) is 66.7 Å². The van der Waals surface area contributed by atoms with Gasteiger partial charge in [0.2, 0.25) is 35.4 Å². The molecule has 1 saturated carbocycles. The molecule has 16 N–H and O–H groups in total. The van der Waals surface area contributed by atoms with Crippen molar-refractivity contribution in [3.8, 4) is 32.6 Å². The van der Waals surface area contributed by atoms with Crippen LogP contribution in [0.2, 0.25) is 0 Å². The van der Waals surface area contributed by atoms with E-state index in [1.807, 2.05) is 12.1 Å². The smallest absolute Gasteiger partial charge is 0.251 e. The number of aromatic hydroxyl groups is 1. The maximum atomic E-state index is 14.7. The van der Waals surface area contributed by atoms with Crippen molar-refractivity contribution in [1.82, 2.24) is 46.6 Å². The Balaban J connectivity index is 0.947. The van der Waals surface area contributed by atoms with E-state index in [1.165, 1.54) is 67.9 Å². The van der Waals surface area contributed by atoms with Crippen molar-refractivity contribution >= 4 is 58.4 Å². The minimum absolute atomic E-state index is 0.00391. The third-order valence-electron chi connectivity index (χ3n) is 17.7. The SMILES string of the molecule is C[C@@H](O)[C@@H]1NC(=O)C(NC(=O)c2ccc(-c3nnc(-c4ccc(N5CCC(OC6CCCCC6)CC5)cc4)s3)cc2)C[C@@H](O)CNC(=O)[C@@H]2[C@@H](O)[C@@H](C)CN2C(=O)[C@H]([C@H](O)CCN)NC(=O)[C@H]([C@H](O)Cc2ccc(O)c(OCCN)c2)NC(=O)[C@@H]2C[C@@H](O)CN2C1=O. The minimum atomic E-state index is -2.04. The first-order chi connectivity index (χ1) is 44.1. The molecular formula is C63H86N12O16S. The number of hydrogen-bond acceptors (Lipinski definition) is 22. The molecule has 1 aromatic heterocycles. The number of nitrogens with zero attached hydrogens (tertiary/aromatic N) is 5. The van der Waals surface area contributed by atoms with Gasteiger partial charge in [0.05, 0.1) is 48.8 Å². The second-order valence-corrected chi connectivity index (χ2v) is 25.6. The molecule has 1 unspecified atom stereocenters. The van der Waals surface area contributed by atoms with Gasteiger partial charge in [0, 0.05) is 86.8 Å². The van der Waals surface area contributed by atoms with Gasteiger partial charge in [-0.1, -0.05) is 55.7 Å². The number of β-amino-alcohol motifs (C(OH)–C–C–N with tert-alkyl or cyclic N) is 1. The second kappa shape index (κ2) is 31.4. The lowest BCUT2D eigenvalue weighted by Gasteiger charge is -2.36. The van der Waals surface area contributed by atoms with Crippen LogP contribution in [0.5, 0.6) is 11.5 Å². The van der Waals surface area contributed by atoms with Crippen molar-refractivity contribution in [3.63, 3.8) is 0 Å². The number of nitrogens with two attached hydrogens (primary N) is 2. The van der Waals surface area contributed by atoms with E-state index < -0.39 is 152 Å². The number of aliphatic hydroxyl groups is 6. The highest BCUT2D eigenvalue weighted by molar-refractivity contribution is 7.17. The molecule has 0 spiro atoms. The van der Waals surface area contributed by atoms with E-state index in [2.05, 4.69) is 53.8 Å². The summed E-state index contributed by atoms with van der Waals surface area (Å²) in [7, 11) is 0. The van der Waals surface area contributed by atoms with Crippen LogP contribution in [0.4, 0.5) is 5.69 Å². The van der Waals surface area contributed by atoms with Crippen LogP contribution in [-0.4, -0.2) is 235 Å². The predicted molar refractivity (Wildman–Crippen MR) is 335 cm³/mol. The molecule has 3 aromatic carbocycles. The molecule has 28 nitrogen and oxygen atoms in total. The summed E-state index contributed by atoms with van der Waals surface area (Å²) in [5, 5.41) is 102. The summed E-state index contributed by atoms with van der Waals surface area (Å²) in [4.78, 5) is 106. The van der Waals surface area contributed by atoms with Crippen molar-refractivity contribution in [1.29, 1.82) is 0 Å². The molecule has 5 aliphatic rings. The van der Waals surface area contributed by atoms with Crippen molar-refractivity contribution in [2.24, 2.45) is 17.4 Å². The molecule has 4 aliphatic heterocycles. The Morgan fingerprint density at radius 1 is 0.717 bits per heavy atom. The lowest BCUT2D eigenvalue weighted by Crippen LogP contribution is -2.64. The van der Waals surface area contributed by atoms with Gasteiger partial charge in [-0.25, -0.2) is 0 Å². The third kappa shape index (κ3) is 16.8. The number of benzene rings is 3. The Bertz CT molecular complexity index is 3200. The van der Waals surface area contributed by atoms with E-state index in [1.54, 1.807) is 12.1 Å². The average Bonchev–Trinajstić information content (AvgIpc) is 1.67. The number of phenolic OH excluding ortho intramolecular Hbond substituents is 1. The highest BCUT2D eigenvalue weighted by atomic mass is 32.1. The fraction of sp³-hybridized carbons (Fsp3) is 0.571. The molecule has 7 amide bonds. The zero-order valence-electron chi connectivity index (χ0n) is 51.5. The van der Waals surface area contributed by atoms with Crippen molar-refractivity contribution < 1.29 is 78.8 Å². The molecule has 0 radical (unpaired) electrons. The van der Waals surface area contributed by atoms with E-state index >= 15 is 0 Å². The van der Waals surface area contributed by atoms with Gasteiger partial charge in [0.1, 0.15) is 52.9 Å². The Morgan fingerprint density at radius 2 is 1.35 bits per heavy atom. The van der Waals surface area contributed by atoms with Crippen molar-refractivity contribution in [2.75, 3.05) is 57.3 Å². The van der Waals surface area contributed by atoms with Crippen LogP contribution in [-0.2, 0) is 39.9 Å². The lowest BCUT2D eigenvalue weighted by molar-refractivity contribution is -0.147. The number of aliphatic hydroxyl groups excluding tert-OH is 6. The van der Waals surface area contributed by atoms with Crippen LogP contribution >= 0.6 is 11.3 Å². The fourth-order valence-electron chi connectivity index (χ4n) is 12.6. The molecule has 92 heavy (non-hydrogen) atoms. The maximum absolute atomic E-state index is 14.7. The average molecular weight is 1300 g/mol. The summed E-state index contributed by atoms with van der Waals surface area (Å²) < 4.78 is 12.0. The number of phenols is 1. The van der Waals surface area contributed by atoms with Gasteiger partial charge in [0.25, 0.3) is 5.91 Å². The van der Waals surface area contributed by atoms with E-state index in [9.17, 15) is 69.3 Å². The standard InChI is InChI=1S/C63H86N12O16S/c1-33-31-75-53(54(33)82)59(87)66-30-40(77)28-44(67-55(83)36-9-11-37(12-10-36)60-71-72-61(92-60)38-13-15-39(16-14-38)73-23-19-43(20-24-73)91-42-6-4-3-5-7-42)56(84)68-50(34(2)76)62(88)74-32-41(78)29-45(74)57(85)69-51(58(86)70-52(63(75)89)47(80)18-21-64)48(81)26-35-8-17-46(79)49(27-35)90-25-22-65/h8-17,27,33-34,40-45,47-48,50-54,76-82H,3-7,18-26,28-32,64-65H2,1-2H3,(H,66,87)(H,67,83)(H,68,84)(H,69,85)(H,70,86)/t33-,34+,40+,41+,44?,45-,47+,48+,50-,51-,52-,53-,54-/m0/s1. The van der Waals surface area contributed by atoms with E-state index in [4.69, 9.17) is 20.9 Å². The summed E-state index contributed by atoms with van der Waals surface area (Å²) in [6.45, 7) is 2.90. The van der Waals surface area contributed by atoms with Crippen LogP contribution < -0.4 is 47.7 Å². The number of ether oxygens (including phenoxy) is 2. The summed E-state index contributed by atoms with van der Waals surface area (Å²) in [5.41, 5.74) is 14.3. The van der Waals surface area contributed by atoms with Gasteiger partial charge in [0.15, 0.2) is 11.5 Å². The molecule has 5 fully saturated rings. The van der Waals surface area contributed by atoms with Crippen molar-refractivity contribution in [2.45, 2.75) is 170 Å². The number of hydrogen-bond donors (Lipinski definition) is 14. The van der Waals surface area contributed by atoms with Crippen LogP contribution in [0.25, 0.3) is 21.1 Å². The number of nitrogens with one attached hydrogen (secondary N) is 5. The Kier molecular flexibility index (Phi) is 23.6. The second-order valence-electron chi connectivity index (χ2n) is 24.6. The molecule has 1 aliphatic carbocycles. The monoisotopic (exact) mass is 1300 g/mol. The van der Waals surface area contributed by atoms with Crippen LogP contribution in [0.15, 0.2) is 66.7 Å². The molecule has 0 bridgehead atoms. The first kappa shape index (κ1) is 68.9. The summed E-state index contributed by atoms with van der Waals surface area (Å²) in [5.74, 6) is -8.62. The molecule has 4 saturated heterocycles. The molecule has 4 aromatic rings. The molecule has 9 rings (SSSR count). The van der Waals surface area contributed by atoms with Crippen LogP contribution in [0.3, 0.4) is 0 Å². The number of anilines is 1. The van der Waals surface area contributed by atoms with Crippen LogP contribution in [0, 0.1) is 5.92 Å². The number of aromatic nitrogens is 2. The fourth-order valence-corrected chi connectivity index (χ4v) is 13.4. The molecule has 500 valence electrons. The van der Waals surface area contributed by atoms with E-state index in [-0.39, 0.29) is 61.4 Å². The van der Waals surface area contributed by atoms with Gasteiger partial charge in [-0.05, 0) is 99.7 Å². The summed E-state index contributed by atoms with van der Waals surface area (Å²) in [6, 6.07) is 7.47. The lowest BCUT2D eigenvalue weighted by atomic mass is 9.97. The van der Waals surface area contributed by atoms with E-state index in [0.29, 0.717) is 21.7 Å². The van der Waals surface area contributed by atoms with Gasteiger partial charge in [-0.3, -0.25) is 33.6 Å². The van der Waals surface area contributed by atoms with Gasteiger partial charge >= 0.3 is 0 Å².